The van der Waals surface area contributed by atoms with Gasteiger partial charge in [-0.2, -0.15) is 0 Å². The Morgan fingerprint density at radius 3 is 2.76 bits per heavy atom. The van der Waals surface area contributed by atoms with Crippen LogP contribution in [0.4, 0.5) is 0 Å². The second-order valence-corrected chi connectivity index (χ2v) is 4.85. The fourth-order valence-electron chi connectivity index (χ4n) is 1.44. The summed E-state index contributed by atoms with van der Waals surface area (Å²) < 4.78 is 0. The van der Waals surface area contributed by atoms with Crippen LogP contribution in [0, 0.1) is 5.92 Å². The number of carbonyl (C=O) groups excluding carboxylic acids is 1. The average molecular weight is 255 g/mol. The number of hydrogen-bond donors (Lipinski definition) is 1. The van der Waals surface area contributed by atoms with Crippen molar-refractivity contribution >= 4 is 17.5 Å². The van der Waals surface area contributed by atoms with Gasteiger partial charge >= 0.3 is 0 Å². The van der Waals surface area contributed by atoms with E-state index in [0.717, 1.165) is 18.5 Å². The molecule has 0 unspecified atom stereocenters. The maximum absolute atomic E-state index is 11.8. The van der Waals surface area contributed by atoms with Crippen LogP contribution in [-0.4, -0.2) is 17.4 Å². The van der Waals surface area contributed by atoms with E-state index in [1.165, 1.54) is 0 Å². The zero-order valence-corrected chi connectivity index (χ0v) is 11.3. The first-order valence-electron chi connectivity index (χ1n) is 5.97. The Kier molecular flexibility index (Phi) is 5.42. The first-order chi connectivity index (χ1) is 8.02. The minimum atomic E-state index is -0.0790. The van der Waals surface area contributed by atoms with Crippen LogP contribution in [0.2, 0.25) is 5.15 Å². The molecule has 0 saturated heterocycles. The van der Waals surface area contributed by atoms with Gasteiger partial charge in [0.25, 0.3) is 5.91 Å². The van der Waals surface area contributed by atoms with Gasteiger partial charge in [-0.05, 0) is 30.9 Å². The van der Waals surface area contributed by atoms with Crippen molar-refractivity contribution < 1.29 is 4.79 Å². The van der Waals surface area contributed by atoms with Crippen molar-refractivity contribution in [3.8, 4) is 0 Å². The molecule has 0 radical (unpaired) electrons. The molecule has 3 nitrogen and oxygen atoms in total. The molecule has 0 saturated carbocycles. The van der Waals surface area contributed by atoms with Crippen LogP contribution >= 0.6 is 11.6 Å². The van der Waals surface area contributed by atoms with E-state index in [2.05, 4.69) is 24.1 Å². The zero-order chi connectivity index (χ0) is 12.8. The predicted octanol–water partition coefficient (Wildman–Crippen LogP) is 3.07. The van der Waals surface area contributed by atoms with Gasteiger partial charge in [-0.3, -0.25) is 4.79 Å². The van der Waals surface area contributed by atoms with E-state index in [1.54, 1.807) is 12.1 Å². The number of pyridine rings is 1. The maximum Gasteiger partial charge on any atom is 0.251 e. The van der Waals surface area contributed by atoms with Crippen LogP contribution in [-0.2, 0) is 6.42 Å². The van der Waals surface area contributed by atoms with Gasteiger partial charge in [0.05, 0.1) is 0 Å². The van der Waals surface area contributed by atoms with Crippen molar-refractivity contribution in [2.75, 3.05) is 6.54 Å². The number of rotatable bonds is 5. The highest BCUT2D eigenvalue weighted by atomic mass is 35.5. The fourth-order valence-corrected chi connectivity index (χ4v) is 1.67. The summed E-state index contributed by atoms with van der Waals surface area (Å²) in [6, 6.07) is 3.39. The molecule has 1 amide bonds. The van der Waals surface area contributed by atoms with E-state index in [4.69, 9.17) is 11.6 Å². The van der Waals surface area contributed by atoms with E-state index in [1.807, 2.05) is 6.92 Å². The van der Waals surface area contributed by atoms with Crippen molar-refractivity contribution in [3.05, 3.63) is 28.5 Å². The molecule has 1 rings (SSSR count). The van der Waals surface area contributed by atoms with Crippen molar-refractivity contribution in [2.24, 2.45) is 5.92 Å². The minimum absolute atomic E-state index is 0.0790. The van der Waals surface area contributed by atoms with E-state index >= 15 is 0 Å². The number of amides is 1. The molecule has 1 heterocycles. The Hall–Kier alpha value is -1.09. The molecular weight excluding hydrogens is 236 g/mol. The highest BCUT2D eigenvalue weighted by molar-refractivity contribution is 6.29. The lowest BCUT2D eigenvalue weighted by atomic mass is 10.1. The van der Waals surface area contributed by atoms with Gasteiger partial charge in [0.1, 0.15) is 5.15 Å². The van der Waals surface area contributed by atoms with Gasteiger partial charge in [0.2, 0.25) is 0 Å². The number of hydrogen-bond acceptors (Lipinski definition) is 2. The van der Waals surface area contributed by atoms with Crippen molar-refractivity contribution in [3.63, 3.8) is 0 Å². The van der Waals surface area contributed by atoms with Crippen LogP contribution in [0.15, 0.2) is 12.1 Å². The molecule has 0 spiro atoms. The van der Waals surface area contributed by atoms with Crippen LogP contribution < -0.4 is 5.32 Å². The standard InChI is InChI=1S/C13H19ClN2O/c1-4-11-7-10(8-12(14)16-11)13(17)15-6-5-9(2)3/h7-9H,4-6H2,1-3H3,(H,15,17). The summed E-state index contributed by atoms with van der Waals surface area (Å²) in [5, 5.41) is 3.26. The molecule has 0 aliphatic rings. The predicted molar refractivity (Wildman–Crippen MR) is 70.4 cm³/mol. The lowest BCUT2D eigenvalue weighted by Gasteiger charge is -2.08. The molecule has 4 heteroatoms. The van der Waals surface area contributed by atoms with Gasteiger partial charge in [-0.25, -0.2) is 4.98 Å². The molecule has 1 aromatic heterocycles. The largest absolute Gasteiger partial charge is 0.352 e. The molecule has 0 bridgehead atoms. The van der Waals surface area contributed by atoms with Crippen LogP contribution in [0.1, 0.15) is 43.2 Å². The highest BCUT2D eigenvalue weighted by Crippen LogP contribution is 2.11. The SMILES string of the molecule is CCc1cc(C(=O)NCCC(C)C)cc(Cl)n1. The number of halogens is 1. The zero-order valence-electron chi connectivity index (χ0n) is 10.6. The Morgan fingerprint density at radius 1 is 1.47 bits per heavy atom. The molecule has 0 aliphatic heterocycles. The smallest absolute Gasteiger partial charge is 0.251 e. The topological polar surface area (TPSA) is 42.0 Å². The lowest BCUT2D eigenvalue weighted by Crippen LogP contribution is -2.25. The Balaban J connectivity index is 2.65. The second kappa shape index (κ2) is 6.60. The second-order valence-electron chi connectivity index (χ2n) is 4.46. The third-order valence-electron chi connectivity index (χ3n) is 2.48. The van der Waals surface area contributed by atoms with E-state index in [9.17, 15) is 4.79 Å². The fraction of sp³-hybridized carbons (Fsp3) is 0.538. The normalized spacial score (nSPS) is 10.6. The summed E-state index contributed by atoms with van der Waals surface area (Å²) in [6.07, 6.45) is 1.75. The number of carbonyl (C=O) groups is 1. The summed E-state index contributed by atoms with van der Waals surface area (Å²) >= 11 is 5.87. The molecule has 94 valence electrons. The molecule has 0 aromatic carbocycles. The van der Waals surface area contributed by atoms with Crippen molar-refractivity contribution in [1.82, 2.24) is 10.3 Å². The minimum Gasteiger partial charge on any atom is -0.352 e. The Morgan fingerprint density at radius 2 is 2.18 bits per heavy atom. The monoisotopic (exact) mass is 254 g/mol. The first-order valence-corrected chi connectivity index (χ1v) is 6.35. The summed E-state index contributed by atoms with van der Waals surface area (Å²) in [5.41, 5.74) is 1.43. The van der Waals surface area contributed by atoms with Gasteiger partial charge in [0.15, 0.2) is 0 Å². The Bertz CT molecular complexity index is 391. The highest BCUT2D eigenvalue weighted by Gasteiger charge is 2.08. The third-order valence-corrected chi connectivity index (χ3v) is 2.67. The summed E-state index contributed by atoms with van der Waals surface area (Å²) in [4.78, 5) is 16.0. The summed E-state index contributed by atoms with van der Waals surface area (Å²) in [7, 11) is 0. The van der Waals surface area contributed by atoms with Crippen molar-refractivity contribution in [1.29, 1.82) is 0 Å². The van der Waals surface area contributed by atoms with Gasteiger partial charge in [-0.15, -0.1) is 0 Å². The van der Waals surface area contributed by atoms with Crippen LogP contribution in [0.25, 0.3) is 0 Å². The summed E-state index contributed by atoms with van der Waals surface area (Å²) in [5.74, 6) is 0.507. The van der Waals surface area contributed by atoms with E-state index in [-0.39, 0.29) is 5.91 Å². The number of nitrogens with zero attached hydrogens (tertiary/aromatic N) is 1. The van der Waals surface area contributed by atoms with Crippen LogP contribution in [0.3, 0.4) is 0 Å². The number of nitrogens with one attached hydrogen (secondary N) is 1. The average Bonchev–Trinajstić information content (AvgIpc) is 2.27. The number of aromatic nitrogens is 1. The molecular formula is C13H19ClN2O. The molecule has 0 fully saturated rings. The quantitative estimate of drug-likeness (QED) is 0.821. The van der Waals surface area contributed by atoms with Gasteiger partial charge < -0.3 is 5.32 Å². The van der Waals surface area contributed by atoms with Gasteiger partial charge in [0, 0.05) is 17.8 Å². The van der Waals surface area contributed by atoms with Gasteiger partial charge in [-0.1, -0.05) is 32.4 Å². The summed E-state index contributed by atoms with van der Waals surface area (Å²) in [6.45, 7) is 6.94. The first kappa shape index (κ1) is 14.0. The molecule has 0 atom stereocenters. The number of aryl methyl sites for hydroxylation is 1. The Labute approximate surface area is 108 Å². The van der Waals surface area contributed by atoms with E-state index < -0.39 is 0 Å². The molecule has 1 N–H and O–H groups in total. The lowest BCUT2D eigenvalue weighted by molar-refractivity contribution is 0.0952. The molecule has 0 aliphatic carbocycles. The van der Waals surface area contributed by atoms with Crippen molar-refractivity contribution in [2.45, 2.75) is 33.6 Å². The van der Waals surface area contributed by atoms with E-state index in [0.29, 0.717) is 23.2 Å². The van der Waals surface area contributed by atoms with Crippen LogP contribution in [0.5, 0.6) is 0 Å². The maximum atomic E-state index is 11.8. The molecule has 17 heavy (non-hydrogen) atoms. The molecule has 1 aromatic rings. The third kappa shape index (κ3) is 4.73.